The Balaban J connectivity index is 1.58. The first-order chi connectivity index (χ1) is 12.9. The molecule has 27 heavy (non-hydrogen) atoms. The summed E-state index contributed by atoms with van der Waals surface area (Å²) in [6.07, 6.45) is -2.15. The van der Waals surface area contributed by atoms with Gasteiger partial charge in [0.2, 0.25) is 0 Å². The Hall–Kier alpha value is -2.87. The molecule has 140 valence electrons. The second kappa shape index (κ2) is 7.79. The topological polar surface area (TPSA) is 66.9 Å². The number of benzene rings is 1. The van der Waals surface area contributed by atoms with Crippen LogP contribution in [0.3, 0.4) is 0 Å². The van der Waals surface area contributed by atoms with Crippen LogP contribution >= 0.6 is 11.6 Å². The van der Waals surface area contributed by atoms with E-state index in [0.29, 0.717) is 17.3 Å². The van der Waals surface area contributed by atoms with Crippen LogP contribution in [0.25, 0.3) is 10.9 Å². The Bertz CT molecular complexity index is 973. The summed E-state index contributed by atoms with van der Waals surface area (Å²) in [5, 5.41) is 6.13. The molecule has 0 radical (unpaired) electrons. The lowest BCUT2D eigenvalue weighted by Crippen LogP contribution is -2.29. The highest BCUT2D eigenvalue weighted by Crippen LogP contribution is 2.32. The molecule has 0 saturated heterocycles. The van der Waals surface area contributed by atoms with E-state index in [1.807, 2.05) is 6.07 Å². The molecule has 0 spiro atoms. The number of alkyl halides is 3. The van der Waals surface area contributed by atoms with Crippen LogP contribution in [0.5, 0.6) is 0 Å². The van der Waals surface area contributed by atoms with Crippen LogP contribution in [0, 0.1) is 0 Å². The first-order valence-corrected chi connectivity index (χ1v) is 8.32. The van der Waals surface area contributed by atoms with E-state index in [9.17, 15) is 18.0 Å². The summed E-state index contributed by atoms with van der Waals surface area (Å²) in [7, 11) is 0. The average Bonchev–Trinajstić information content (AvgIpc) is 2.64. The first kappa shape index (κ1) is 18.9. The van der Waals surface area contributed by atoms with Crippen molar-refractivity contribution in [1.29, 1.82) is 0 Å². The van der Waals surface area contributed by atoms with Gasteiger partial charge in [0.15, 0.2) is 0 Å². The van der Waals surface area contributed by atoms with Gasteiger partial charge in [0.05, 0.1) is 16.1 Å². The molecule has 0 bridgehead atoms. The minimum atomic E-state index is -4.50. The highest BCUT2D eigenvalue weighted by atomic mass is 35.5. The van der Waals surface area contributed by atoms with Crippen molar-refractivity contribution in [3.8, 4) is 0 Å². The normalized spacial score (nSPS) is 11.4. The molecule has 0 aliphatic rings. The van der Waals surface area contributed by atoms with Gasteiger partial charge in [-0.15, -0.1) is 0 Å². The monoisotopic (exact) mass is 394 g/mol. The number of hydrogen-bond donors (Lipinski definition) is 2. The van der Waals surface area contributed by atoms with Crippen molar-refractivity contribution in [3.05, 3.63) is 64.9 Å². The highest BCUT2D eigenvalue weighted by Gasteiger charge is 2.31. The van der Waals surface area contributed by atoms with E-state index in [1.54, 1.807) is 30.5 Å². The molecule has 5 nitrogen and oxygen atoms in total. The zero-order valence-corrected chi connectivity index (χ0v) is 14.6. The van der Waals surface area contributed by atoms with E-state index < -0.39 is 11.7 Å². The molecule has 2 aromatic heterocycles. The Morgan fingerprint density at radius 1 is 1.11 bits per heavy atom. The van der Waals surface area contributed by atoms with Crippen LogP contribution in [0.2, 0.25) is 5.02 Å². The summed E-state index contributed by atoms with van der Waals surface area (Å²) < 4.78 is 37.8. The lowest BCUT2D eigenvalue weighted by Gasteiger charge is -2.11. The minimum absolute atomic E-state index is 0.119. The van der Waals surface area contributed by atoms with Crippen molar-refractivity contribution >= 4 is 34.2 Å². The second-order valence-corrected chi connectivity index (χ2v) is 6.02. The third kappa shape index (κ3) is 4.46. The Morgan fingerprint density at radius 3 is 2.67 bits per heavy atom. The number of carbonyl (C=O) groups excluding carboxylic acids is 1. The Labute approximate surface area is 157 Å². The van der Waals surface area contributed by atoms with Crippen molar-refractivity contribution in [2.75, 3.05) is 18.4 Å². The Kier molecular flexibility index (Phi) is 5.46. The predicted molar refractivity (Wildman–Crippen MR) is 96.8 cm³/mol. The number of nitrogens with one attached hydrogen (secondary N) is 2. The van der Waals surface area contributed by atoms with Crippen molar-refractivity contribution in [2.45, 2.75) is 6.18 Å². The molecule has 0 fully saturated rings. The number of halogens is 4. The highest BCUT2D eigenvalue weighted by molar-refractivity contribution is 6.32. The van der Waals surface area contributed by atoms with Gasteiger partial charge in [-0.25, -0.2) is 4.98 Å². The first-order valence-electron chi connectivity index (χ1n) is 7.95. The molecule has 1 aromatic carbocycles. The third-order valence-corrected chi connectivity index (χ3v) is 4.05. The molecule has 0 saturated carbocycles. The number of carbonyl (C=O) groups is 1. The molecule has 0 atom stereocenters. The molecule has 0 aliphatic carbocycles. The molecule has 1 amide bonds. The number of amides is 1. The van der Waals surface area contributed by atoms with Crippen LogP contribution in [-0.2, 0) is 6.18 Å². The standard InChI is InChI=1S/C18H14ClF3N4O/c19-14-9-11(18(20,21)22)10-26-16(14)24-7-8-25-17(27)13-3-1-5-15-12(13)4-2-6-23-15/h1-6,9-10H,7-8H2,(H,24,26)(H,25,27). The van der Waals surface area contributed by atoms with Crippen molar-refractivity contribution in [2.24, 2.45) is 0 Å². The average molecular weight is 395 g/mol. The maximum atomic E-state index is 12.6. The quantitative estimate of drug-likeness (QED) is 0.638. The third-order valence-electron chi connectivity index (χ3n) is 3.76. The number of nitrogens with zero attached hydrogens (tertiary/aromatic N) is 2. The summed E-state index contributed by atoms with van der Waals surface area (Å²) in [6, 6.07) is 9.61. The number of pyridine rings is 2. The molecule has 0 unspecified atom stereocenters. The largest absolute Gasteiger partial charge is 0.417 e. The second-order valence-electron chi connectivity index (χ2n) is 5.61. The summed E-state index contributed by atoms with van der Waals surface area (Å²) in [6.45, 7) is 0.474. The van der Waals surface area contributed by atoms with E-state index >= 15 is 0 Å². The van der Waals surface area contributed by atoms with Gasteiger partial charge in [-0.2, -0.15) is 13.2 Å². The van der Waals surface area contributed by atoms with E-state index in [1.165, 1.54) is 0 Å². The van der Waals surface area contributed by atoms with Crippen LogP contribution in [-0.4, -0.2) is 29.0 Å². The van der Waals surface area contributed by atoms with Crippen molar-refractivity contribution < 1.29 is 18.0 Å². The van der Waals surface area contributed by atoms with Gasteiger partial charge in [0.25, 0.3) is 5.91 Å². The van der Waals surface area contributed by atoms with Gasteiger partial charge in [0, 0.05) is 36.4 Å². The lowest BCUT2D eigenvalue weighted by molar-refractivity contribution is -0.137. The molecule has 2 heterocycles. The predicted octanol–water partition coefficient (Wildman–Crippen LogP) is 4.14. The van der Waals surface area contributed by atoms with Crippen LogP contribution in [0.1, 0.15) is 15.9 Å². The summed E-state index contributed by atoms with van der Waals surface area (Å²) in [5.74, 6) is -0.157. The zero-order chi connectivity index (χ0) is 19.4. The summed E-state index contributed by atoms with van der Waals surface area (Å²) >= 11 is 5.82. The van der Waals surface area contributed by atoms with Gasteiger partial charge in [-0.3, -0.25) is 9.78 Å². The minimum Gasteiger partial charge on any atom is -0.367 e. The van der Waals surface area contributed by atoms with Crippen LogP contribution < -0.4 is 10.6 Å². The summed E-state index contributed by atoms with van der Waals surface area (Å²) in [5.41, 5.74) is 0.284. The SMILES string of the molecule is O=C(NCCNc1ncc(C(F)(F)F)cc1Cl)c1cccc2ncccc12. The fourth-order valence-corrected chi connectivity index (χ4v) is 2.71. The van der Waals surface area contributed by atoms with E-state index in [2.05, 4.69) is 20.6 Å². The van der Waals surface area contributed by atoms with E-state index in [4.69, 9.17) is 11.6 Å². The molecule has 3 rings (SSSR count). The van der Waals surface area contributed by atoms with Gasteiger partial charge < -0.3 is 10.6 Å². The van der Waals surface area contributed by atoms with Crippen LogP contribution in [0.4, 0.5) is 19.0 Å². The van der Waals surface area contributed by atoms with Gasteiger partial charge >= 0.3 is 6.18 Å². The van der Waals surface area contributed by atoms with Crippen LogP contribution in [0.15, 0.2) is 48.8 Å². The maximum Gasteiger partial charge on any atom is 0.417 e. The molecule has 2 N–H and O–H groups in total. The fraction of sp³-hybridized carbons (Fsp3) is 0.167. The Morgan fingerprint density at radius 2 is 1.93 bits per heavy atom. The number of aromatic nitrogens is 2. The number of anilines is 1. The van der Waals surface area contributed by atoms with Gasteiger partial charge in [-0.05, 0) is 24.3 Å². The van der Waals surface area contributed by atoms with Crippen molar-refractivity contribution in [3.63, 3.8) is 0 Å². The fourth-order valence-electron chi connectivity index (χ4n) is 2.48. The summed E-state index contributed by atoms with van der Waals surface area (Å²) in [4.78, 5) is 20.2. The maximum absolute atomic E-state index is 12.6. The van der Waals surface area contributed by atoms with E-state index in [-0.39, 0.29) is 29.8 Å². The molecule has 3 aromatic rings. The smallest absolute Gasteiger partial charge is 0.367 e. The molecular formula is C18H14ClF3N4O. The van der Waals surface area contributed by atoms with Gasteiger partial charge in [-0.1, -0.05) is 23.7 Å². The van der Waals surface area contributed by atoms with E-state index in [0.717, 1.165) is 11.5 Å². The van der Waals surface area contributed by atoms with Gasteiger partial charge in [0.1, 0.15) is 5.82 Å². The molecule has 9 heteroatoms. The zero-order valence-electron chi connectivity index (χ0n) is 13.8. The number of rotatable bonds is 5. The number of hydrogen-bond acceptors (Lipinski definition) is 4. The van der Waals surface area contributed by atoms with Crippen molar-refractivity contribution in [1.82, 2.24) is 15.3 Å². The lowest BCUT2D eigenvalue weighted by atomic mass is 10.1. The number of fused-ring (bicyclic) bond motifs is 1. The molecule has 0 aliphatic heterocycles. The molecular weight excluding hydrogens is 381 g/mol.